The van der Waals surface area contributed by atoms with Crippen LogP contribution in [0.4, 0.5) is 5.69 Å². The Morgan fingerprint density at radius 1 is 1.29 bits per heavy atom. The molecule has 2 heterocycles. The first-order valence-electron chi connectivity index (χ1n) is 8.17. The molecule has 7 nitrogen and oxygen atoms in total. The topological polar surface area (TPSA) is 72.7 Å². The smallest absolute Gasteiger partial charge is 0.196 e. The van der Waals surface area contributed by atoms with Crippen LogP contribution in [0.5, 0.6) is 11.5 Å². The highest BCUT2D eigenvalue weighted by molar-refractivity contribution is 5.93. The second-order valence-electron chi connectivity index (χ2n) is 5.55. The fraction of sp³-hybridized carbons (Fsp3) is 0.412. The molecule has 0 fully saturated rings. The maximum atomic E-state index is 5.73. The van der Waals surface area contributed by atoms with Gasteiger partial charge in [0.1, 0.15) is 0 Å². The third-order valence-electron chi connectivity index (χ3n) is 3.53. The fourth-order valence-corrected chi connectivity index (χ4v) is 2.41. The third kappa shape index (κ3) is 4.18. The maximum absolute atomic E-state index is 5.73. The highest BCUT2D eigenvalue weighted by Crippen LogP contribution is 2.32. The number of aryl methyl sites for hydroxylation is 1. The van der Waals surface area contributed by atoms with Crippen LogP contribution in [-0.2, 0) is 13.6 Å². The van der Waals surface area contributed by atoms with Crippen LogP contribution < -0.4 is 20.1 Å². The van der Waals surface area contributed by atoms with Crippen LogP contribution in [0.25, 0.3) is 0 Å². The number of hydrogen-bond acceptors (Lipinski definition) is 4. The van der Waals surface area contributed by atoms with Gasteiger partial charge in [-0.1, -0.05) is 0 Å². The molecule has 2 N–H and O–H groups in total. The molecule has 0 bridgehead atoms. The van der Waals surface area contributed by atoms with E-state index in [0.717, 1.165) is 41.7 Å². The lowest BCUT2D eigenvalue weighted by Crippen LogP contribution is -2.30. The second-order valence-corrected chi connectivity index (χ2v) is 5.55. The van der Waals surface area contributed by atoms with E-state index in [1.165, 1.54) is 0 Å². The molecule has 0 atom stereocenters. The van der Waals surface area contributed by atoms with Crippen molar-refractivity contribution >= 4 is 11.6 Å². The minimum Gasteiger partial charge on any atom is -0.490 e. The number of benzene rings is 1. The average molecular weight is 329 g/mol. The first kappa shape index (κ1) is 16.2. The number of nitrogens with zero attached hydrogens (tertiary/aromatic N) is 3. The summed E-state index contributed by atoms with van der Waals surface area (Å²) in [6, 6.07) is 5.83. The molecule has 0 saturated carbocycles. The minimum atomic E-state index is 0.563. The zero-order valence-corrected chi connectivity index (χ0v) is 14.1. The number of ether oxygens (including phenoxy) is 2. The number of nitrogens with one attached hydrogen (secondary N) is 2. The molecule has 1 aliphatic rings. The summed E-state index contributed by atoms with van der Waals surface area (Å²) in [5.74, 6) is 2.27. The molecule has 0 unspecified atom stereocenters. The van der Waals surface area contributed by atoms with Gasteiger partial charge >= 0.3 is 0 Å². The van der Waals surface area contributed by atoms with E-state index < -0.39 is 0 Å². The van der Waals surface area contributed by atoms with Crippen molar-refractivity contribution < 1.29 is 9.47 Å². The molecule has 1 aromatic heterocycles. The van der Waals surface area contributed by atoms with Gasteiger partial charge in [0.05, 0.1) is 26.0 Å². The first-order valence-corrected chi connectivity index (χ1v) is 8.17. The van der Waals surface area contributed by atoms with Crippen molar-refractivity contribution in [3.8, 4) is 11.5 Å². The number of rotatable bonds is 4. The van der Waals surface area contributed by atoms with Crippen LogP contribution in [0, 0.1) is 0 Å². The third-order valence-corrected chi connectivity index (χ3v) is 3.53. The monoisotopic (exact) mass is 329 g/mol. The van der Waals surface area contributed by atoms with Crippen LogP contribution in [0.15, 0.2) is 35.6 Å². The van der Waals surface area contributed by atoms with Gasteiger partial charge in [0.25, 0.3) is 0 Å². The second kappa shape index (κ2) is 7.72. The Labute approximate surface area is 141 Å². The van der Waals surface area contributed by atoms with E-state index in [-0.39, 0.29) is 0 Å². The van der Waals surface area contributed by atoms with E-state index in [1.54, 1.807) is 4.68 Å². The zero-order chi connectivity index (χ0) is 16.8. The largest absolute Gasteiger partial charge is 0.490 e. The van der Waals surface area contributed by atoms with Gasteiger partial charge in [0, 0.05) is 43.5 Å². The SMILES string of the molecule is CCNC(=NCc1cnn(C)c1)Nc1ccc2c(c1)OCCCO2. The summed E-state index contributed by atoms with van der Waals surface area (Å²) in [4.78, 5) is 4.59. The number of aromatic nitrogens is 2. The lowest BCUT2D eigenvalue weighted by atomic mass is 10.2. The molecule has 3 rings (SSSR count). The van der Waals surface area contributed by atoms with Gasteiger partial charge in [-0.3, -0.25) is 4.68 Å². The molecule has 0 radical (unpaired) electrons. The molecule has 24 heavy (non-hydrogen) atoms. The van der Waals surface area contributed by atoms with E-state index in [9.17, 15) is 0 Å². The molecule has 0 amide bonds. The number of guanidine groups is 1. The summed E-state index contributed by atoms with van der Waals surface area (Å²) in [6.07, 6.45) is 4.67. The van der Waals surface area contributed by atoms with Crippen LogP contribution in [0.1, 0.15) is 18.9 Å². The standard InChI is InChI=1S/C17H23N5O2/c1-3-18-17(19-10-13-11-20-22(2)12-13)21-14-5-6-15-16(9-14)24-8-4-7-23-15/h5-6,9,11-12H,3-4,7-8,10H2,1-2H3,(H2,18,19,21). The summed E-state index contributed by atoms with van der Waals surface area (Å²) in [5.41, 5.74) is 1.97. The molecule has 128 valence electrons. The molecule has 0 aliphatic carbocycles. The van der Waals surface area contributed by atoms with Crippen molar-refractivity contribution in [3.63, 3.8) is 0 Å². The van der Waals surface area contributed by atoms with Gasteiger partial charge in [-0.05, 0) is 19.1 Å². The summed E-state index contributed by atoms with van der Waals surface area (Å²) in [7, 11) is 1.90. The van der Waals surface area contributed by atoms with E-state index in [4.69, 9.17) is 9.47 Å². The summed E-state index contributed by atoms with van der Waals surface area (Å²) < 4.78 is 13.2. The maximum Gasteiger partial charge on any atom is 0.196 e. The highest BCUT2D eigenvalue weighted by Gasteiger charge is 2.11. The highest BCUT2D eigenvalue weighted by atomic mass is 16.5. The molecule has 1 aromatic carbocycles. The molecule has 7 heteroatoms. The van der Waals surface area contributed by atoms with Crippen molar-refractivity contribution in [1.29, 1.82) is 0 Å². The van der Waals surface area contributed by atoms with Gasteiger partial charge in [0.15, 0.2) is 17.5 Å². The Morgan fingerprint density at radius 2 is 2.12 bits per heavy atom. The Kier molecular flexibility index (Phi) is 5.20. The average Bonchev–Trinajstić information content (AvgIpc) is 2.85. The van der Waals surface area contributed by atoms with Crippen molar-refractivity contribution in [2.75, 3.05) is 25.1 Å². The predicted molar refractivity (Wildman–Crippen MR) is 93.7 cm³/mol. The lowest BCUT2D eigenvalue weighted by Gasteiger charge is -2.13. The molecule has 0 spiro atoms. The Hall–Kier alpha value is -2.70. The number of anilines is 1. The van der Waals surface area contributed by atoms with Crippen molar-refractivity contribution in [2.24, 2.45) is 12.0 Å². The van der Waals surface area contributed by atoms with Gasteiger partial charge in [-0.15, -0.1) is 0 Å². The molecule has 1 aliphatic heterocycles. The van der Waals surface area contributed by atoms with Crippen molar-refractivity contribution in [3.05, 3.63) is 36.2 Å². The Bertz CT molecular complexity index is 711. The van der Waals surface area contributed by atoms with Crippen LogP contribution in [0.3, 0.4) is 0 Å². The summed E-state index contributed by atoms with van der Waals surface area (Å²) in [5, 5.41) is 10.7. The zero-order valence-electron chi connectivity index (χ0n) is 14.1. The van der Waals surface area contributed by atoms with Crippen molar-refractivity contribution in [2.45, 2.75) is 19.9 Å². The van der Waals surface area contributed by atoms with Gasteiger partial charge < -0.3 is 20.1 Å². The number of aliphatic imine (C=N–C) groups is 1. The van der Waals surface area contributed by atoms with Crippen LogP contribution in [-0.4, -0.2) is 35.5 Å². The van der Waals surface area contributed by atoms with E-state index in [2.05, 4.69) is 20.7 Å². The molecular weight excluding hydrogens is 306 g/mol. The predicted octanol–water partition coefficient (Wildman–Crippen LogP) is 2.16. The molecule has 2 aromatic rings. The van der Waals surface area contributed by atoms with Crippen LogP contribution >= 0.6 is 0 Å². The summed E-state index contributed by atoms with van der Waals surface area (Å²) >= 11 is 0. The number of hydrogen-bond donors (Lipinski definition) is 2. The minimum absolute atomic E-state index is 0.563. The Morgan fingerprint density at radius 3 is 2.88 bits per heavy atom. The fourth-order valence-electron chi connectivity index (χ4n) is 2.41. The Balaban J connectivity index is 1.71. The van der Waals surface area contributed by atoms with Gasteiger partial charge in [-0.2, -0.15) is 5.10 Å². The normalized spacial score (nSPS) is 14.2. The van der Waals surface area contributed by atoms with Crippen molar-refractivity contribution in [1.82, 2.24) is 15.1 Å². The molecule has 0 saturated heterocycles. The van der Waals surface area contributed by atoms with Gasteiger partial charge in [-0.25, -0.2) is 4.99 Å². The quantitative estimate of drug-likeness (QED) is 0.664. The van der Waals surface area contributed by atoms with Gasteiger partial charge in [0.2, 0.25) is 0 Å². The molecular formula is C17H23N5O2. The van der Waals surface area contributed by atoms with E-state index >= 15 is 0 Å². The van der Waals surface area contributed by atoms with E-state index in [0.29, 0.717) is 19.8 Å². The lowest BCUT2D eigenvalue weighted by molar-refractivity contribution is 0.297. The van der Waals surface area contributed by atoms with Crippen LogP contribution in [0.2, 0.25) is 0 Å². The first-order chi connectivity index (χ1) is 11.7. The van der Waals surface area contributed by atoms with E-state index in [1.807, 2.05) is 44.6 Å². The summed E-state index contributed by atoms with van der Waals surface area (Å²) in [6.45, 7) is 4.74. The number of fused-ring (bicyclic) bond motifs is 1.